The number of benzene rings is 2. The molecule has 1 heterocycles. The number of Topliss-reactive ketones (excluding diaryl/α,β-unsaturated/α-hetero) is 1. The van der Waals surface area contributed by atoms with E-state index in [1.54, 1.807) is 32.9 Å². The van der Waals surface area contributed by atoms with Crippen LogP contribution in [-0.4, -0.2) is 22.6 Å². The first-order chi connectivity index (χ1) is 12.2. The first kappa shape index (κ1) is 18.3. The zero-order valence-corrected chi connectivity index (χ0v) is 15.5. The Morgan fingerprint density at radius 2 is 1.73 bits per heavy atom. The summed E-state index contributed by atoms with van der Waals surface area (Å²) in [7, 11) is 0. The Balaban J connectivity index is 2.13. The van der Waals surface area contributed by atoms with E-state index >= 15 is 0 Å². The maximum absolute atomic E-state index is 13.2. The number of carbonyl (C=O) groups excluding carboxylic acids is 1. The van der Waals surface area contributed by atoms with Crippen LogP contribution in [0.15, 0.2) is 48.2 Å². The molecule has 0 amide bonds. The molecular weight excluding hydrogens is 331 g/mol. The third-order valence-corrected chi connectivity index (χ3v) is 4.83. The van der Waals surface area contributed by atoms with Gasteiger partial charge in [0, 0.05) is 0 Å². The van der Waals surface area contributed by atoms with Gasteiger partial charge in [0.25, 0.3) is 0 Å². The Bertz CT molecular complexity index is 879. The molecule has 0 bridgehead atoms. The summed E-state index contributed by atoms with van der Waals surface area (Å²) in [5, 5.41) is 10.7. The molecule has 0 saturated carbocycles. The Morgan fingerprint density at radius 1 is 1.12 bits per heavy atom. The van der Waals surface area contributed by atoms with Crippen LogP contribution in [0.5, 0.6) is 0 Å². The van der Waals surface area contributed by atoms with E-state index in [1.807, 2.05) is 25.1 Å². The summed E-state index contributed by atoms with van der Waals surface area (Å²) in [5.41, 5.74) is 2.94. The Morgan fingerprint density at radius 3 is 2.35 bits per heavy atom. The molecule has 0 radical (unpaired) electrons. The second kappa shape index (κ2) is 6.69. The number of hydrogen-bond acceptors (Lipinski definition) is 3. The number of aliphatic hydroxyl groups excluding tert-OH is 1. The van der Waals surface area contributed by atoms with Gasteiger partial charge in [0.1, 0.15) is 23.3 Å². The van der Waals surface area contributed by atoms with Crippen molar-refractivity contribution in [1.29, 1.82) is 0 Å². The van der Waals surface area contributed by atoms with Gasteiger partial charge in [-0.3, -0.25) is 4.79 Å². The Kier molecular flexibility index (Phi) is 4.72. The normalized spacial score (nSPS) is 19.7. The van der Waals surface area contributed by atoms with E-state index in [4.69, 9.17) is 4.74 Å². The van der Waals surface area contributed by atoms with Gasteiger partial charge in [-0.2, -0.15) is 0 Å². The van der Waals surface area contributed by atoms with E-state index in [1.165, 1.54) is 12.1 Å². The van der Waals surface area contributed by atoms with Gasteiger partial charge < -0.3 is 9.84 Å². The van der Waals surface area contributed by atoms with Crippen molar-refractivity contribution in [2.75, 3.05) is 0 Å². The molecule has 26 heavy (non-hydrogen) atoms. The summed E-state index contributed by atoms with van der Waals surface area (Å²) in [6.45, 7) is 7.21. The molecule has 0 spiro atoms. The maximum atomic E-state index is 13.2. The van der Waals surface area contributed by atoms with Gasteiger partial charge in [-0.05, 0) is 61.6 Å². The summed E-state index contributed by atoms with van der Waals surface area (Å²) >= 11 is 0. The second-order valence-electron chi connectivity index (χ2n) is 7.09. The smallest absolute Gasteiger partial charge is 0.195 e. The number of halogens is 1. The van der Waals surface area contributed by atoms with Crippen molar-refractivity contribution in [2.24, 2.45) is 0 Å². The molecule has 0 aliphatic carbocycles. The molecule has 136 valence electrons. The molecule has 1 aliphatic heterocycles. The van der Waals surface area contributed by atoms with Gasteiger partial charge in [0.15, 0.2) is 5.78 Å². The van der Waals surface area contributed by atoms with Crippen LogP contribution in [-0.2, 0) is 16.0 Å². The number of hydrogen-bond donors (Lipinski definition) is 1. The zero-order valence-electron chi connectivity index (χ0n) is 15.5. The average molecular weight is 354 g/mol. The topological polar surface area (TPSA) is 46.5 Å². The van der Waals surface area contributed by atoms with Crippen molar-refractivity contribution >= 4 is 11.4 Å². The molecule has 1 aliphatic rings. The Labute approximate surface area is 153 Å². The predicted molar refractivity (Wildman–Crippen MR) is 100 cm³/mol. The molecule has 3 nitrogen and oxygen atoms in total. The van der Waals surface area contributed by atoms with Crippen molar-refractivity contribution < 1.29 is 19.0 Å². The first-order valence-electron chi connectivity index (χ1n) is 8.79. The zero-order chi connectivity index (χ0) is 19.1. The third-order valence-electron chi connectivity index (χ3n) is 4.83. The van der Waals surface area contributed by atoms with Crippen LogP contribution >= 0.6 is 0 Å². The minimum atomic E-state index is -0.913. The quantitative estimate of drug-likeness (QED) is 0.835. The van der Waals surface area contributed by atoms with Crippen LogP contribution in [0.1, 0.15) is 38.8 Å². The molecule has 1 unspecified atom stereocenters. The highest BCUT2D eigenvalue weighted by atomic mass is 19.1. The average Bonchev–Trinajstić information content (AvgIpc) is 2.61. The largest absolute Gasteiger partial charge is 0.508 e. The summed E-state index contributed by atoms with van der Waals surface area (Å²) in [6.07, 6.45) is 0.0850. The fourth-order valence-electron chi connectivity index (χ4n) is 3.38. The third kappa shape index (κ3) is 3.17. The van der Waals surface area contributed by atoms with Gasteiger partial charge in [-0.25, -0.2) is 4.39 Å². The highest BCUT2D eigenvalue weighted by Crippen LogP contribution is 2.37. The van der Waals surface area contributed by atoms with E-state index < -0.39 is 11.7 Å². The van der Waals surface area contributed by atoms with E-state index in [0.717, 1.165) is 22.3 Å². The predicted octanol–water partition coefficient (Wildman–Crippen LogP) is 5.09. The second-order valence-corrected chi connectivity index (χ2v) is 7.09. The molecular formula is C22H23FO3. The number of ether oxygens (including phenoxy) is 1. The number of aliphatic hydroxyl groups is 1. The van der Waals surface area contributed by atoms with Crippen molar-refractivity contribution in [3.63, 3.8) is 0 Å². The Hall–Kier alpha value is -2.46. The molecule has 0 aromatic heterocycles. The van der Waals surface area contributed by atoms with Gasteiger partial charge in [-0.1, -0.05) is 37.3 Å². The summed E-state index contributed by atoms with van der Waals surface area (Å²) < 4.78 is 18.8. The van der Waals surface area contributed by atoms with Crippen molar-refractivity contribution in [3.8, 4) is 11.1 Å². The van der Waals surface area contributed by atoms with Crippen LogP contribution in [0.2, 0.25) is 0 Å². The van der Waals surface area contributed by atoms with Gasteiger partial charge in [0.05, 0.1) is 5.57 Å². The molecule has 0 saturated heterocycles. The minimum absolute atomic E-state index is 0.0372. The van der Waals surface area contributed by atoms with Crippen LogP contribution in [0, 0.1) is 5.82 Å². The molecule has 3 rings (SSSR count). The summed E-state index contributed by atoms with van der Waals surface area (Å²) in [6, 6.07) is 12.0. The molecule has 4 heteroatoms. The monoisotopic (exact) mass is 354 g/mol. The fraction of sp³-hybridized carbons (Fsp3) is 0.318. The number of rotatable bonds is 3. The van der Waals surface area contributed by atoms with Gasteiger partial charge in [-0.15, -0.1) is 0 Å². The fourth-order valence-corrected chi connectivity index (χ4v) is 3.38. The summed E-state index contributed by atoms with van der Waals surface area (Å²) in [5.74, 6) is -0.531. The maximum Gasteiger partial charge on any atom is 0.195 e. The van der Waals surface area contributed by atoms with E-state index in [2.05, 4.69) is 0 Å². The van der Waals surface area contributed by atoms with Crippen molar-refractivity contribution in [3.05, 3.63) is 65.2 Å². The first-order valence-corrected chi connectivity index (χ1v) is 8.79. The minimum Gasteiger partial charge on any atom is -0.508 e. The lowest BCUT2D eigenvalue weighted by Crippen LogP contribution is -2.42. The van der Waals surface area contributed by atoms with Crippen molar-refractivity contribution in [1.82, 2.24) is 0 Å². The molecule has 1 N–H and O–H groups in total. The highest BCUT2D eigenvalue weighted by Gasteiger charge is 2.40. The lowest BCUT2D eigenvalue weighted by molar-refractivity contribution is -0.137. The van der Waals surface area contributed by atoms with Crippen LogP contribution < -0.4 is 0 Å². The van der Waals surface area contributed by atoms with Gasteiger partial charge >= 0.3 is 0 Å². The molecule has 2 aromatic carbocycles. The number of ketones is 1. The van der Waals surface area contributed by atoms with Crippen LogP contribution in [0.25, 0.3) is 16.7 Å². The van der Waals surface area contributed by atoms with Gasteiger partial charge in [0.2, 0.25) is 0 Å². The summed E-state index contributed by atoms with van der Waals surface area (Å²) in [4.78, 5) is 12.7. The van der Waals surface area contributed by atoms with E-state index in [0.29, 0.717) is 12.0 Å². The lowest BCUT2D eigenvalue weighted by atomic mass is 9.85. The lowest BCUT2D eigenvalue weighted by Gasteiger charge is -2.35. The molecule has 2 aromatic rings. The number of carbonyl (C=O) groups is 1. The van der Waals surface area contributed by atoms with E-state index in [9.17, 15) is 14.3 Å². The highest BCUT2D eigenvalue weighted by molar-refractivity contribution is 6.24. The van der Waals surface area contributed by atoms with E-state index in [-0.39, 0.29) is 17.4 Å². The number of aryl methyl sites for hydroxylation is 1. The SMILES string of the molecule is CCc1cc(-c2ccc(F)cc2)ccc1C1=C(O)C(C)(C)OC(C)C1=O. The van der Waals surface area contributed by atoms with Crippen LogP contribution in [0.4, 0.5) is 4.39 Å². The standard InChI is InChI=1S/C22H23FO3/c1-5-14-12-16(15-6-9-17(23)10-7-15)8-11-18(14)19-20(24)13(2)26-22(3,4)21(19)25/h6-13,25H,5H2,1-4H3. The molecule has 0 fully saturated rings. The molecule has 1 atom stereocenters. The van der Waals surface area contributed by atoms with Crippen LogP contribution in [0.3, 0.4) is 0 Å². The van der Waals surface area contributed by atoms with Crippen molar-refractivity contribution in [2.45, 2.75) is 45.8 Å².